The topological polar surface area (TPSA) is 57.8 Å². The minimum Gasteiger partial charge on any atom is -0.351 e. The van der Waals surface area contributed by atoms with Crippen molar-refractivity contribution in [3.05, 3.63) is 18.0 Å². The standard InChI is InChI=1S/C6H8ClN3O/c7-1-6(11)8-2-5-3-9-10-4-5/h3-4H,1-2H2,(H,8,11)(H,9,10). The zero-order valence-electron chi connectivity index (χ0n) is 5.80. The lowest BCUT2D eigenvalue weighted by Gasteiger charge is -1.97. The first-order valence-corrected chi connectivity index (χ1v) is 3.66. The van der Waals surface area contributed by atoms with Gasteiger partial charge in [-0.2, -0.15) is 5.10 Å². The van der Waals surface area contributed by atoms with Crippen LogP contribution in [0.25, 0.3) is 0 Å². The van der Waals surface area contributed by atoms with E-state index in [1.807, 2.05) is 0 Å². The van der Waals surface area contributed by atoms with E-state index in [1.165, 1.54) is 0 Å². The number of aromatic amines is 1. The Balaban J connectivity index is 2.29. The maximum Gasteiger partial charge on any atom is 0.235 e. The Bertz CT molecular complexity index is 222. The van der Waals surface area contributed by atoms with Crippen LogP contribution in [0, 0.1) is 0 Å². The molecule has 1 aromatic rings. The summed E-state index contributed by atoms with van der Waals surface area (Å²) in [6.45, 7) is 0.474. The normalized spacial score (nSPS) is 9.55. The molecule has 0 aliphatic rings. The molecule has 0 aromatic carbocycles. The number of amides is 1. The van der Waals surface area contributed by atoms with E-state index in [-0.39, 0.29) is 11.8 Å². The van der Waals surface area contributed by atoms with Crippen LogP contribution in [0.5, 0.6) is 0 Å². The molecule has 1 aromatic heterocycles. The largest absolute Gasteiger partial charge is 0.351 e. The van der Waals surface area contributed by atoms with E-state index in [9.17, 15) is 4.79 Å². The maximum absolute atomic E-state index is 10.6. The van der Waals surface area contributed by atoms with Crippen molar-refractivity contribution in [2.75, 3.05) is 5.88 Å². The van der Waals surface area contributed by atoms with Gasteiger partial charge in [-0.25, -0.2) is 0 Å². The molecule has 1 amide bonds. The monoisotopic (exact) mass is 173 g/mol. The molecule has 0 aliphatic carbocycles. The zero-order chi connectivity index (χ0) is 8.10. The number of alkyl halides is 1. The van der Waals surface area contributed by atoms with E-state index >= 15 is 0 Å². The van der Waals surface area contributed by atoms with Crippen molar-refractivity contribution >= 4 is 17.5 Å². The number of rotatable bonds is 3. The molecular weight excluding hydrogens is 166 g/mol. The number of aromatic nitrogens is 2. The first-order valence-electron chi connectivity index (χ1n) is 3.13. The van der Waals surface area contributed by atoms with E-state index in [4.69, 9.17) is 11.6 Å². The quantitative estimate of drug-likeness (QED) is 0.645. The third kappa shape index (κ3) is 2.59. The third-order valence-corrected chi connectivity index (χ3v) is 1.41. The van der Waals surface area contributed by atoms with E-state index < -0.39 is 0 Å². The van der Waals surface area contributed by atoms with Gasteiger partial charge in [-0.3, -0.25) is 9.89 Å². The minimum absolute atomic E-state index is 0.00213. The van der Waals surface area contributed by atoms with Gasteiger partial charge >= 0.3 is 0 Å². The average molecular weight is 174 g/mol. The number of halogens is 1. The van der Waals surface area contributed by atoms with Crippen LogP contribution < -0.4 is 5.32 Å². The van der Waals surface area contributed by atoms with Gasteiger partial charge in [0.15, 0.2) is 0 Å². The Morgan fingerprint density at radius 3 is 3.18 bits per heavy atom. The van der Waals surface area contributed by atoms with Gasteiger partial charge in [0.05, 0.1) is 6.20 Å². The molecule has 11 heavy (non-hydrogen) atoms. The zero-order valence-corrected chi connectivity index (χ0v) is 6.56. The number of carbonyl (C=O) groups excluding carboxylic acids is 1. The first kappa shape index (κ1) is 8.07. The molecule has 60 valence electrons. The highest BCUT2D eigenvalue weighted by Gasteiger charge is 1.97. The molecule has 0 spiro atoms. The lowest BCUT2D eigenvalue weighted by molar-refractivity contribution is -0.118. The highest BCUT2D eigenvalue weighted by atomic mass is 35.5. The molecule has 0 saturated carbocycles. The molecule has 0 unspecified atom stereocenters. The summed E-state index contributed by atoms with van der Waals surface area (Å²) in [5.41, 5.74) is 0.934. The molecule has 0 atom stereocenters. The van der Waals surface area contributed by atoms with Gasteiger partial charge in [0.1, 0.15) is 5.88 Å². The van der Waals surface area contributed by atoms with Gasteiger partial charge < -0.3 is 5.32 Å². The van der Waals surface area contributed by atoms with Crippen molar-refractivity contribution < 1.29 is 4.79 Å². The second-order valence-electron chi connectivity index (χ2n) is 2.02. The van der Waals surface area contributed by atoms with E-state index in [0.717, 1.165) is 5.56 Å². The molecule has 0 fully saturated rings. The van der Waals surface area contributed by atoms with Gasteiger partial charge in [0, 0.05) is 18.3 Å². The summed E-state index contributed by atoms with van der Waals surface area (Å²) in [7, 11) is 0. The van der Waals surface area contributed by atoms with Crippen molar-refractivity contribution in [1.82, 2.24) is 15.5 Å². The van der Waals surface area contributed by atoms with Gasteiger partial charge in [-0.1, -0.05) is 0 Å². The average Bonchev–Trinajstić information content (AvgIpc) is 2.52. The van der Waals surface area contributed by atoms with E-state index in [0.29, 0.717) is 6.54 Å². The number of nitrogens with zero attached hydrogens (tertiary/aromatic N) is 1. The smallest absolute Gasteiger partial charge is 0.235 e. The Morgan fingerprint density at radius 2 is 2.64 bits per heavy atom. The summed E-state index contributed by atoms with van der Waals surface area (Å²) in [4.78, 5) is 10.6. The Morgan fingerprint density at radius 1 is 1.82 bits per heavy atom. The number of nitrogens with one attached hydrogen (secondary N) is 2. The summed E-state index contributed by atoms with van der Waals surface area (Å²) in [5.74, 6) is -0.175. The van der Waals surface area contributed by atoms with Gasteiger partial charge in [-0.15, -0.1) is 11.6 Å². The van der Waals surface area contributed by atoms with Gasteiger partial charge in [0.25, 0.3) is 0 Å². The highest BCUT2D eigenvalue weighted by molar-refractivity contribution is 6.27. The fourth-order valence-corrected chi connectivity index (χ4v) is 0.717. The molecule has 4 nitrogen and oxygen atoms in total. The van der Waals surface area contributed by atoms with Crippen LogP contribution in [0.4, 0.5) is 0 Å². The van der Waals surface area contributed by atoms with Gasteiger partial charge in [-0.05, 0) is 0 Å². The Hall–Kier alpha value is -1.03. The summed E-state index contributed by atoms with van der Waals surface area (Å²) < 4.78 is 0. The Kier molecular flexibility index (Phi) is 2.92. The van der Waals surface area contributed by atoms with Crippen molar-refractivity contribution in [3.8, 4) is 0 Å². The maximum atomic E-state index is 10.6. The molecule has 0 aliphatic heterocycles. The summed E-state index contributed by atoms with van der Waals surface area (Å²) in [6, 6.07) is 0. The van der Waals surface area contributed by atoms with Crippen molar-refractivity contribution in [3.63, 3.8) is 0 Å². The number of hydrogen-bond donors (Lipinski definition) is 2. The van der Waals surface area contributed by atoms with Crippen molar-refractivity contribution in [2.24, 2.45) is 0 Å². The molecule has 1 heterocycles. The van der Waals surface area contributed by atoms with Crippen LogP contribution in [-0.2, 0) is 11.3 Å². The van der Waals surface area contributed by atoms with E-state index in [1.54, 1.807) is 12.4 Å². The van der Waals surface area contributed by atoms with Crippen LogP contribution in [0.3, 0.4) is 0 Å². The summed E-state index contributed by atoms with van der Waals surface area (Å²) in [6.07, 6.45) is 3.36. The van der Waals surface area contributed by atoms with Gasteiger partial charge in [0.2, 0.25) is 5.91 Å². The summed E-state index contributed by atoms with van der Waals surface area (Å²) in [5, 5.41) is 8.96. The fourth-order valence-electron chi connectivity index (χ4n) is 0.622. The van der Waals surface area contributed by atoms with Crippen LogP contribution in [0.15, 0.2) is 12.4 Å². The SMILES string of the molecule is O=C(CCl)NCc1cn[nH]c1. The van der Waals surface area contributed by atoms with Crippen molar-refractivity contribution in [2.45, 2.75) is 6.54 Å². The number of carbonyl (C=O) groups is 1. The lowest BCUT2D eigenvalue weighted by Crippen LogP contribution is -2.23. The van der Waals surface area contributed by atoms with Crippen LogP contribution in [-0.4, -0.2) is 22.0 Å². The fraction of sp³-hybridized carbons (Fsp3) is 0.333. The lowest BCUT2D eigenvalue weighted by atomic mass is 10.3. The predicted octanol–water partition coefficient (Wildman–Crippen LogP) is 0.265. The van der Waals surface area contributed by atoms with E-state index in [2.05, 4.69) is 15.5 Å². The summed E-state index contributed by atoms with van der Waals surface area (Å²) >= 11 is 5.26. The number of H-pyrrole nitrogens is 1. The molecular formula is C6H8ClN3O. The second-order valence-corrected chi connectivity index (χ2v) is 2.28. The molecule has 0 bridgehead atoms. The van der Waals surface area contributed by atoms with Crippen LogP contribution in [0.1, 0.15) is 5.56 Å². The molecule has 1 rings (SSSR count). The van der Waals surface area contributed by atoms with Crippen LogP contribution >= 0.6 is 11.6 Å². The third-order valence-electron chi connectivity index (χ3n) is 1.17. The predicted molar refractivity (Wildman–Crippen MR) is 41.2 cm³/mol. The first-order chi connectivity index (χ1) is 5.33. The molecule has 0 radical (unpaired) electrons. The van der Waals surface area contributed by atoms with Crippen LogP contribution in [0.2, 0.25) is 0 Å². The van der Waals surface area contributed by atoms with Crippen molar-refractivity contribution in [1.29, 1.82) is 0 Å². The molecule has 2 N–H and O–H groups in total. The Labute approximate surface area is 68.9 Å². The second kappa shape index (κ2) is 3.98. The minimum atomic E-state index is -0.173. The molecule has 5 heteroatoms. The number of hydrogen-bond acceptors (Lipinski definition) is 2. The highest BCUT2D eigenvalue weighted by Crippen LogP contribution is 1.91. The molecule has 0 saturated heterocycles.